The van der Waals surface area contributed by atoms with Gasteiger partial charge < -0.3 is 5.11 Å². The molecule has 1 aliphatic rings. The van der Waals surface area contributed by atoms with E-state index in [0.29, 0.717) is 5.92 Å². The van der Waals surface area contributed by atoms with Crippen LogP contribution in [0.3, 0.4) is 0 Å². The number of aliphatic hydroxyl groups is 1. The van der Waals surface area contributed by atoms with Gasteiger partial charge in [-0.05, 0) is 24.7 Å². The zero-order valence-electron chi connectivity index (χ0n) is 7.89. The molecule has 0 heterocycles. The van der Waals surface area contributed by atoms with E-state index in [1.165, 1.54) is 5.57 Å². The molecule has 0 unspecified atom stereocenters. The van der Waals surface area contributed by atoms with Crippen molar-refractivity contribution in [2.24, 2.45) is 11.3 Å². The van der Waals surface area contributed by atoms with Crippen LogP contribution in [-0.4, -0.2) is 11.2 Å². The molecule has 0 saturated heterocycles. The van der Waals surface area contributed by atoms with Crippen molar-refractivity contribution in [2.75, 3.05) is 0 Å². The van der Waals surface area contributed by atoms with Crippen molar-refractivity contribution < 1.29 is 5.11 Å². The normalized spacial score (nSPS) is 36.6. The lowest BCUT2D eigenvalue weighted by Gasteiger charge is -2.38. The molecule has 0 aliphatic heterocycles. The first kappa shape index (κ1) is 8.79. The molecule has 1 nitrogen and oxygen atoms in total. The first-order valence-electron chi connectivity index (χ1n) is 4.30. The molecule has 0 radical (unpaired) electrons. The molecule has 0 bridgehead atoms. The molecule has 1 N–H and O–H groups in total. The van der Waals surface area contributed by atoms with Crippen molar-refractivity contribution >= 4 is 0 Å². The molecule has 0 spiro atoms. The van der Waals surface area contributed by atoms with Gasteiger partial charge in [-0.3, -0.25) is 0 Å². The second-order valence-corrected chi connectivity index (χ2v) is 4.39. The Bertz CT molecular complexity index is 179. The Labute approximate surface area is 69.1 Å². The summed E-state index contributed by atoms with van der Waals surface area (Å²) in [5.41, 5.74) is 1.59. The topological polar surface area (TPSA) is 20.2 Å². The van der Waals surface area contributed by atoms with Gasteiger partial charge in [0.25, 0.3) is 0 Å². The Morgan fingerprint density at radius 3 is 2.55 bits per heavy atom. The zero-order chi connectivity index (χ0) is 8.65. The largest absolute Gasteiger partial charge is 0.389 e. The van der Waals surface area contributed by atoms with E-state index in [1.807, 2.05) is 6.08 Å². The molecule has 0 fully saturated rings. The van der Waals surface area contributed by atoms with E-state index in [4.69, 9.17) is 0 Å². The summed E-state index contributed by atoms with van der Waals surface area (Å²) in [7, 11) is 0. The molecule has 1 heteroatoms. The average molecular weight is 154 g/mol. The zero-order valence-corrected chi connectivity index (χ0v) is 7.89. The van der Waals surface area contributed by atoms with Gasteiger partial charge in [0, 0.05) is 0 Å². The minimum absolute atomic E-state index is 0.221. The molecule has 11 heavy (non-hydrogen) atoms. The Balaban J connectivity index is 2.86. The standard InChI is InChI=1S/C10H18O/c1-7-5-9(11)6-10(3,4)8(7)2/h5,8-9,11H,6H2,1-4H3/t8-,9-/m0/s1. The van der Waals surface area contributed by atoms with Gasteiger partial charge in [0.15, 0.2) is 0 Å². The molecule has 0 aromatic carbocycles. The van der Waals surface area contributed by atoms with Crippen LogP contribution in [0.25, 0.3) is 0 Å². The summed E-state index contributed by atoms with van der Waals surface area (Å²) >= 11 is 0. The SMILES string of the molecule is CC1=C[C@H](O)CC(C)(C)[C@H]1C. The molecule has 0 aromatic heterocycles. The molecule has 2 atom stereocenters. The second-order valence-electron chi connectivity index (χ2n) is 4.39. The first-order valence-corrected chi connectivity index (χ1v) is 4.30. The van der Waals surface area contributed by atoms with E-state index in [1.54, 1.807) is 0 Å². The van der Waals surface area contributed by atoms with Crippen LogP contribution in [0, 0.1) is 11.3 Å². The lowest BCUT2D eigenvalue weighted by atomic mass is 9.69. The van der Waals surface area contributed by atoms with Gasteiger partial charge >= 0.3 is 0 Å². The highest BCUT2D eigenvalue weighted by atomic mass is 16.3. The van der Waals surface area contributed by atoms with E-state index >= 15 is 0 Å². The highest BCUT2D eigenvalue weighted by molar-refractivity contribution is 5.13. The molecule has 0 amide bonds. The monoisotopic (exact) mass is 154 g/mol. The fraction of sp³-hybridized carbons (Fsp3) is 0.800. The van der Waals surface area contributed by atoms with Crippen LogP contribution < -0.4 is 0 Å². The summed E-state index contributed by atoms with van der Waals surface area (Å²) < 4.78 is 0. The maximum atomic E-state index is 9.46. The quantitative estimate of drug-likeness (QED) is 0.531. The van der Waals surface area contributed by atoms with Gasteiger partial charge in [0.1, 0.15) is 0 Å². The Hall–Kier alpha value is -0.300. The summed E-state index contributed by atoms with van der Waals surface area (Å²) in [5, 5.41) is 9.46. The fourth-order valence-corrected chi connectivity index (χ4v) is 1.84. The Kier molecular flexibility index (Phi) is 2.10. The second kappa shape index (κ2) is 2.63. The summed E-state index contributed by atoms with van der Waals surface area (Å²) in [4.78, 5) is 0. The van der Waals surface area contributed by atoms with E-state index in [0.717, 1.165) is 6.42 Å². The van der Waals surface area contributed by atoms with Crippen LogP contribution in [0.4, 0.5) is 0 Å². The number of hydrogen-bond acceptors (Lipinski definition) is 1. The Morgan fingerprint density at radius 2 is 2.09 bits per heavy atom. The summed E-state index contributed by atoms with van der Waals surface area (Å²) in [6, 6.07) is 0. The Morgan fingerprint density at radius 1 is 1.55 bits per heavy atom. The summed E-state index contributed by atoms with van der Waals surface area (Å²) in [5.74, 6) is 0.603. The maximum absolute atomic E-state index is 9.46. The number of rotatable bonds is 0. The van der Waals surface area contributed by atoms with Crippen LogP contribution >= 0.6 is 0 Å². The molecular weight excluding hydrogens is 136 g/mol. The first-order chi connectivity index (χ1) is 4.93. The summed E-state index contributed by atoms with van der Waals surface area (Å²) in [6.07, 6.45) is 2.66. The predicted molar refractivity (Wildman–Crippen MR) is 47.3 cm³/mol. The van der Waals surface area contributed by atoms with Gasteiger partial charge in [-0.15, -0.1) is 0 Å². The molecule has 64 valence electrons. The molecule has 1 rings (SSSR count). The van der Waals surface area contributed by atoms with Crippen molar-refractivity contribution in [1.29, 1.82) is 0 Å². The van der Waals surface area contributed by atoms with E-state index < -0.39 is 0 Å². The fourth-order valence-electron chi connectivity index (χ4n) is 1.84. The molecule has 0 saturated carbocycles. The third-order valence-corrected chi connectivity index (χ3v) is 3.05. The minimum Gasteiger partial charge on any atom is -0.389 e. The van der Waals surface area contributed by atoms with Crippen LogP contribution in [0.15, 0.2) is 11.6 Å². The molecule has 0 aromatic rings. The van der Waals surface area contributed by atoms with E-state index in [-0.39, 0.29) is 11.5 Å². The highest BCUT2D eigenvalue weighted by Crippen LogP contribution is 2.40. The van der Waals surface area contributed by atoms with Gasteiger partial charge in [-0.1, -0.05) is 32.4 Å². The molecule has 1 aliphatic carbocycles. The van der Waals surface area contributed by atoms with E-state index in [9.17, 15) is 5.11 Å². The van der Waals surface area contributed by atoms with Crippen molar-refractivity contribution in [2.45, 2.75) is 40.2 Å². The lowest BCUT2D eigenvalue weighted by Crippen LogP contribution is -2.31. The number of hydrogen-bond donors (Lipinski definition) is 1. The third kappa shape index (κ3) is 1.64. The average Bonchev–Trinajstić information content (AvgIpc) is 1.81. The lowest BCUT2D eigenvalue weighted by molar-refractivity contribution is 0.108. The number of allylic oxidation sites excluding steroid dienone is 1. The van der Waals surface area contributed by atoms with Gasteiger partial charge in [0.05, 0.1) is 6.10 Å². The van der Waals surface area contributed by atoms with Crippen LogP contribution in [0.1, 0.15) is 34.1 Å². The van der Waals surface area contributed by atoms with Gasteiger partial charge in [-0.25, -0.2) is 0 Å². The van der Waals surface area contributed by atoms with Crippen LogP contribution in [0.2, 0.25) is 0 Å². The van der Waals surface area contributed by atoms with E-state index in [2.05, 4.69) is 27.7 Å². The van der Waals surface area contributed by atoms with Crippen molar-refractivity contribution in [1.82, 2.24) is 0 Å². The third-order valence-electron chi connectivity index (χ3n) is 3.05. The minimum atomic E-state index is -0.221. The number of aliphatic hydroxyl groups excluding tert-OH is 1. The highest BCUT2D eigenvalue weighted by Gasteiger charge is 2.32. The van der Waals surface area contributed by atoms with Crippen molar-refractivity contribution in [3.63, 3.8) is 0 Å². The van der Waals surface area contributed by atoms with Crippen LogP contribution in [0.5, 0.6) is 0 Å². The summed E-state index contributed by atoms with van der Waals surface area (Å²) in [6.45, 7) is 8.78. The smallest absolute Gasteiger partial charge is 0.0728 e. The van der Waals surface area contributed by atoms with Gasteiger partial charge in [0.2, 0.25) is 0 Å². The van der Waals surface area contributed by atoms with Gasteiger partial charge in [-0.2, -0.15) is 0 Å². The van der Waals surface area contributed by atoms with Crippen molar-refractivity contribution in [3.8, 4) is 0 Å². The van der Waals surface area contributed by atoms with Crippen LogP contribution in [-0.2, 0) is 0 Å². The van der Waals surface area contributed by atoms with Crippen molar-refractivity contribution in [3.05, 3.63) is 11.6 Å². The predicted octanol–water partition coefficient (Wildman–Crippen LogP) is 2.36. The maximum Gasteiger partial charge on any atom is 0.0728 e. The molecular formula is C10H18O.